The Hall–Kier alpha value is -2.21. The maximum atomic E-state index is 2.48. The zero-order valence-corrected chi connectivity index (χ0v) is 21.8. The number of nitrogens with zero attached hydrogens (tertiary/aromatic N) is 1. The van der Waals surface area contributed by atoms with Crippen LogP contribution in [0.25, 0.3) is 11.1 Å². The molecule has 0 unspecified atom stereocenters. The zero-order chi connectivity index (χ0) is 23.3. The molecule has 0 radical (unpaired) electrons. The molecule has 2 heteroatoms. The van der Waals surface area contributed by atoms with Crippen LogP contribution in [-0.2, 0) is 17.4 Å². The van der Waals surface area contributed by atoms with Crippen LogP contribution in [0.2, 0.25) is 0 Å². The summed E-state index contributed by atoms with van der Waals surface area (Å²) in [4.78, 5) is 2.30. The molecule has 1 aliphatic rings. The largest absolute Gasteiger partial charge is 0.305 e. The Balaban J connectivity index is 2.04. The molecule has 0 aliphatic heterocycles. The molecule has 0 saturated carbocycles. The highest BCUT2D eigenvalue weighted by molar-refractivity contribution is 7.50. The van der Waals surface area contributed by atoms with E-state index in [1.54, 1.807) is 0 Å². The van der Waals surface area contributed by atoms with Crippen LogP contribution in [0.5, 0.6) is 0 Å². The van der Waals surface area contributed by atoms with Crippen molar-refractivity contribution in [1.29, 1.82) is 0 Å². The van der Waals surface area contributed by atoms with Gasteiger partial charge in [-0.3, -0.25) is 0 Å². The molecule has 0 spiro atoms. The first-order valence-electron chi connectivity index (χ1n) is 11.6. The second-order valence-corrected chi connectivity index (χ2v) is 12.4. The van der Waals surface area contributed by atoms with Gasteiger partial charge in [-0.1, -0.05) is 110 Å². The van der Waals surface area contributed by atoms with Crippen molar-refractivity contribution < 1.29 is 0 Å². The topological polar surface area (TPSA) is 3.24 Å². The summed E-state index contributed by atoms with van der Waals surface area (Å²) in [6.45, 7) is 15.0. The van der Waals surface area contributed by atoms with Crippen molar-refractivity contribution in [3.63, 3.8) is 0 Å². The first kappa shape index (κ1) is 23.0. The molecule has 0 aromatic heterocycles. The molecule has 0 N–H and O–H groups in total. The predicted molar refractivity (Wildman–Crippen MR) is 143 cm³/mol. The molecule has 32 heavy (non-hydrogen) atoms. The smallest absolute Gasteiger partial charge is 0.0237 e. The monoisotopic (exact) mass is 441 g/mol. The second-order valence-electron chi connectivity index (χ2n) is 11.3. The van der Waals surface area contributed by atoms with E-state index in [0.717, 1.165) is 6.54 Å². The van der Waals surface area contributed by atoms with Gasteiger partial charge >= 0.3 is 0 Å². The average Bonchev–Trinajstić information content (AvgIpc) is 3.01. The van der Waals surface area contributed by atoms with E-state index < -0.39 is 0 Å². The lowest BCUT2D eigenvalue weighted by molar-refractivity contribution is 0.402. The van der Waals surface area contributed by atoms with Gasteiger partial charge in [0.15, 0.2) is 0 Å². The Labute approximate surface area is 196 Å². The minimum atomic E-state index is 0.0723. The molecule has 3 aromatic carbocycles. The van der Waals surface area contributed by atoms with E-state index in [1.807, 2.05) is 0 Å². The maximum absolute atomic E-state index is 2.48. The summed E-state index contributed by atoms with van der Waals surface area (Å²) in [6, 6.07) is 22.7. The highest BCUT2D eigenvalue weighted by Crippen LogP contribution is 2.40. The van der Waals surface area contributed by atoms with Crippen LogP contribution in [0.15, 0.2) is 60.7 Å². The van der Waals surface area contributed by atoms with Gasteiger partial charge in [0.1, 0.15) is 0 Å². The Morgan fingerprint density at radius 2 is 1.19 bits per heavy atom. The summed E-state index contributed by atoms with van der Waals surface area (Å²) in [5, 5.41) is 2.91. The van der Waals surface area contributed by atoms with Gasteiger partial charge in [-0.05, 0) is 63.9 Å². The molecule has 3 aromatic rings. The van der Waals surface area contributed by atoms with E-state index in [0.29, 0.717) is 0 Å². The van der Waals surface area contributed by atoms with Gasteiger partial charge in [-0.25, -0.2) is 0 Å². The van der Waals surface area contributed by atoms with Gasteiger partial charge in [0.05, 0.1) is 0 Å². The van der Waals surface area contributed by atoms with Gasteiger partial charge in [0, 0.05) is 17.1 Å². The van der Waals surface area contributed by atoms with E-state index in [1.165, 1.54) is 57.7 Å². The fraction of sp³-hybridized carbons (Fsp3) is 0.367. The normalized spacial score (nSPS) is 13.6. The Bertz CT molecular complexity index is 1140. The van der Waals surface area contributed by atoms with Crippen LogP contribution >= 0.6 is 8.20 Å². The SMILES string of the molecule is CN(C)Cc1cc(C(C)(C)C)cc(C(C)(C)C)c1P=C1c2ccccc2-c2ccccc21. The van der Waals surface area contributed by atoms with E-state index in [4.69, 9.17) is 0 Å². The molecule has 0 amide bonds. The van der Waals surface area contributed by atoms with E-state index in [-0.39, 0.29) is 10.8 Å². The standard InChI is InChI=1S/C30H36NP/c1-29(2,3)21-17-20(19-31(7)8)27(26(18-21)30(4,5)6)32-28-24-15-11-9-13-22(24)23-14-10-12-16-25(23)28/h9-18H,19H2,1-8H3. The Morgan fingerprint density at radius 1 is 0.688 bits per heavy atom. The third kappa shape index (κ3) is 4.34. The first-order chi connectivity index (χ1) is 15.0. The van der Waals surface area contributed by atoms with Gasteiger partial charge in [-0.2, -0.15) is 0 Å². The van der Waals surface area contributed by atoms with Crippen molar-refractivity contribution in [1.82, 2.24) is 4.90 Å². The Morgan fingerprint density at radius 3 is 1.62 bits per heavy atom. The molecule has 4 rings (SSSR count). The van der Waals surface area contributed by atoms with Gasteiger partial charge in [-0.15, -0.1) is 0 Å². The van der Waals surface area contributed by atoms with E-state index in [9.17, 15) is 0 Å². The van der Waals surface area contributed by atoms with Crippen LogP contribution in [0, 0.1) is 0 Å². The summed E-state index contributed by atoms with van der Waals surface area (Å²) in [6.07, 6.45) is 0. The first-order valence-corrected chi connectivity index (χ1v) is 12.5. The maximum Gasteiger partial charge on any atom is 0.0237 e. The molecular weight excluding hydrogens is 405 g/mol. The zero-order valence-electron chi connectivity index (χ0n) is 20.9. The van der Waals surface area contributed by atoms with E-state index >= 15 is 0 Å². The number of benzene rings is 3. The summed E-state index contributed by atoms with van der Waals surface area (Å²) in [5.74, 6) is 0. The Kier molecular flexibility index (Phi) is 5.95. The summed E-state index contributed by atoms with van der Waals surface area (Å²) < 4.78 is 0. The summed E-state index contributed by atoms with van der Waals surface area (Å²) in [5.41, 5.74) is 10.0. The molecule has 0 heterocycles. The molecule has 0 fully saturated rings. The van der Waals surface area contributed by atoms with Crippen LogP contribution in [0.3, 0.4) is 0 Å². The van der Waals surface area contributed by atoms with Gasteiger partial charge in [0.25, 0.3) is 0 Å². The minimum absolute atomic E-state index is 0.0723. The lowest BCUT2D eigenvalue weighted by Crippen LogP contribution is -2.27. The minimum Gasteiger partial charge on any atom is -0.305 e. The lowest BCUT2D eigenvalue weighted by atomic mass is 9.79. The van der Waals surface area contributed by atoms with Crippen molar-refractivity contribution in [2.75, 3.05) is 14.1 Å². The molecular formula is C30H36NP. The summed E-state index contributed by atoms with van der Waals surface area (Å²) >= 11 is 0. The van der Waals surface area contributed by atoms with Crippen molar-refractivity contribution in [3.8, 4) is 11.1 Å². The molecule has 166 valence electrons. The predicted octanol–water partition coefficient (Wildman–Crippen LogP) is 7.16. The molecule has 0 atom stereocenters. The quantitative estimate of drug-likeness (QED) is 0.305. The van der Waals surface area contributed by atoms with Crippen molar-refractivity contribution in [3.05, 3.63) is 88.5 Å². The fourth-order valence-corrected chi connectivity index (χ4v) is 6.17. The molecule has 0 saturated heterocycles. The molecule has 1 aliphatic carbocycles. The van der Waals surface area contributed by atoms with Gasteiger partial charge < -0.3 is 4.90 Å². The molecule has 1 nitrogen and oxygen atoms in total. The lowest BCUT2D eigenvalue weighted by Gasteiger charge is -2.29. The van der Waals surface area contributed by atoms with Crippen molar-refractivity contribution in [2.45, 2.75) is 58.9 Å². The number of rotatable bonds is 3. The number of hydrogen-bond donors (Lipinski definition) is 0. The third-order valence-electron chi connectivity index (χ3n) is 6.23. The van der Waals surface area contributed by atoms with Crippen LogP contribution in [-0.4, -0.2) is 24.3 Å². The number of fused-ring (bicyclic) bond motifs is 3. The summed E-state index contributed by atoms with van der Waals surface area (Å²) in [7, 11) is 5.65. The molecule has 0 bridgehead atoms. The van der Waals surface area contributed by atoms with Gasteiger partial charge in [0.2, 0.25) is 0 Å². The number of hydrogen-bond acceptors (Lipinski definition) is 1. The van der Waals surface area contributed by atoms with Crippen LogP contribution in [0.4, 0.5) is 0 Å². The van der Waals surface area contributed by atoms with E-state index in [2.05, 4.69) is 121 Å². The van der Waals surface area contributed by atoms with Crippen molar-refractivity contribution in [2.24, 2.45) is 0 Å². The highest BCUT2D eigenvalue weighted by atomic mass is 31.1. The second kappa shape index (κ2) is 8.29. The van der Waals surface area contributed by atoms with Crippen LogP contribution < -0.4 is 5.30 Å². The van der Waals surface area contributed by atoms with Crippen LogP contribution in [0.1, 0.15) is 69.4 Å². The van der Waals surface area contributed by atoms with Crippen molar-refractivity contribution >= 4 is 18.8 Å². The fourth-order valence-electron chi connectivity index (χ4n) is 4.52. The highest BCUT2D eigenvalue weighted by Gasteiger charge is 2.28. The third-order valence-corrected chi connectivity index (χ3v) is 7.68. The average molecular weight is 442 g/mol.